The quantitative estimate of drug-likeness (QED) is 0.772. The van der Waals surface area contributed by atoms with Crippen LogP contribution in [0.2, 0.25) is 0 Å². The fourth-order valence-corrected chi connectivity index (χ4v) is 3.92. The van der Waals surface area contributed by atoms with E-state index in [1.165, 1.54) is 10.6 Å². The molecule has 26 heavy (non-hydrogen) atoms. The zero-order chi connectivity index (χ0) is 19.2. The van der Waals surface area contributed by atoms with Crippen LogP contribution in [0.5, 0.6) is 0 Å². The van der Waals surface area contributed by atoms with Gasteiger partial charge in [0.1, 0.15) is 0 Å². The van der Waals surface area contributed by atoms with Gasteiger partial charge in [0.25, 0.3) is 0 Å². The van der Waals surface area contributed by atoms with E-state index >= 15 is 0 Å². The molecule has 1 N–H and O–H groups in total. The van der Waals surface area contributed by atoms with Gasteiger partial charge in [-0.15, -0.1) is 0 Å². The molecule has 0 saturated heterocycles. The lowest BCUT2D eigenvalue weighted by Crippen LogP contribution is -2.39. The third-order valence-corrected chi connectivity index (χ3v) is 5.63. The number of hydrogen-bond donors (Lipinski definition) is 1. The normalized spacial score (nSPS) is 12.8. The van der Waals surface area contributed by atoms with E-state index in [1.807, 2.05) is 68.4 Å². The summed E-state index contributed by atoms with van der Waals surface area (Å²) in [6, 6.07) is 17.0. The van der Waals surface area contributed by atoms with Crippen LogP contribution in [0.3, 0.4) is 0 Å². The summed E-state index contributed by atoms with van der Waals surface area (Å²) in [6.45, 7) is 4.35. The minimum absolute atomic E-state index is 0.116. The molecule has 0 aliphatic carbocycles. The number of nitrogens with zero attached hydrogens (tertiary/aromatic N) is 1. The van der Waals surface area contributed by atoms with Crippen LogP contribution in [0.25, 0.3) is 0 Å². The number of aryl methyl sites for hydroxylation is 1. The Balaban J connectivity index is 1.93. The summed E-state index contributed by atoms with van der Waals surface area (Å²) in [5.41, 5.74) is 3.00. The van der Waals surface area contributed by atoms with Gasteiger partial charge in [-0.3, -0.25) is 4.79 Å². The number of sulfonamides is 1. The molecule has 2 rings (SSSR count). The van der Waals surface area contributed by atoms with Crippen molar-refractivity contribution in [3.05, 3.63) is 71.3 Å². The summed E-state index contributed by atoms with van der Waals surface area (Å²) < 4.78 is 25.7. The number of hydrogen-bond acceptors (Lipinski definition) is 3. The summed E-state index contributed by atoms with van der Waals surface area (Å²) in [4.78, 5) is 12.1. The molecule has 140 valence electrons. The summed E-state index contributed by atoms with van der Waals surface area (Å²) in [5, 5.41) is 2.81. The summed E-state index contributed by atoms with van der Waals surface area (Å²) in [5.74, 6) is -0.116. The minimum atomic E-state index is -3.39. The number of benzene rings is 2. The molecule has 0 aliphatic heterocycles. The van der Waals surface area contributed by atoms with E-state index in [0.29, 0.717) is 0 Å². The van der Waals surface area contributed by atoms with Crippen LogP contribution >= 0.6 is 0 Å². The van der Waals surface area contributed by atoms with E-state index in [2.05, 4.69) is 5.32 Å². The Labute approximate surface area is 156 Å². The van der Waals surface area contributed by atoms with E-state index in [9.17, 15) is 13.2 Å². The number of carbonyl (C=O) groups is 1. The average molecular weight is 375 g/mol. The van der Waals surface area contributed by atoms with Gasteiger partial charge in [0, 0.05) is 19.1 Å². The highest BCUT2D eigenvalue weighted by molar-refractivity contribution is 7.88. The van der Waals surface area contributed by atoms with Crippen molar-refractivity contribution in [3.8, 4) is 0 Å². The molecule has 1 unspecified atom stereocenters. The first-order valence-corrected chi connectivity index (χ1v) is 10.5. The lowest BCUT2D eigenvalue weighted by atomic mass is 10.1. The van der Waals surface area contributed by atoms with E-state index in [0.717, 1.165) is 16.7 Å². The van der Waals surface area contributed by atoms with Gasteiger partial charge in [0.2, 0.25) is 15.9 Å². The Hall–Kier alpha value is -2.18. The van der Waals surface area contributed by atoms with Crippen molar-refractivity contribution >= 4 is 15.9 Å². The van der Waals surface area contributed by atoms with Crippen LogP contribution in [0, 0.1) is 6.92 Å². The van der Waals surface area contributed by atoms with Crippen molar-refractivity contribution in [2.45, 2.75) is 26.3 Å². The highest BCUT2D eigenvalue weighted by Crippen LogP contribution is 2.21. The number of nitrogens with one attached hydrogen (secondary N) is 1. The Morgan fingerprint density at radius 3 is 2.27 bits per heavy atom. The van der Waals surface area contributed by atoms with Crippen LogP contribution < -0.4 is 5.32 Å². The molecule has 0 bridgehead atoms. The minimum Gasteiger partial charge on any atom is -0.354 e. The van der Waals surface area contributed by atoms with Gasteiger partial charge in [-0.05, 0) is 25.0 Å². The van der Waals surface area contributed by atoms with Gasteiger partial charge in [-0.1, -0.05) is 60.2 Å². The molecular weight excluding hydrogens is 348 g/mol. The molecule has 0 aliphatic rings. The molecule has 6 heteroatoms. The lowest BCUT2D eigenvalue weighted by Gasteiger charge is -2.27. The highest BCUT2D eigenvalue weighted by Gasteiger charge is 2.24. The second-order valence-electron chi connectivity index (χ2n) is 6.47. The Bertz CT molecular complexity index is 818. The number of carbonyl (C=O) groups excluding carboxylic acids is 1. The first-order valence-electron chi connectivity index (χ1n) is 8.61. The van der Waals surface area contributed by atoms with Crippen molar-refractivity contribution in [2.24, 2.45) is 0 Å². The van der Waals surface area contributed by atoms with Gasteiger partial charge in [0.15, 0.2) is 0 Å². The van der Waals surface area contributed by atoms with Gasteiger partial charge in [0.05, 0.1) is 12.7 Å². The summed E-state index contributed by atoms with van der Waals surface area (Å²) >= 11 is 0. The second-order valence-corrected chi connectivity index (χ2v) is 8.41. The van der Waals surface area contributed by atoms with Crippen LogP contribution in [-0.4, -0.2) is 38.0 Å². The molecule has 2 aromatic carbocycles. The smallest absolute Gasteiger partial charge is 0.224 e. The van der Waals surface area contributed by atoms with Crippen LogP contribution in [0.1, 0.15) is 29.7 Å². The van der Waals surface area contributed by atoms with Gasteiger partial charge in [-0.25, -0.2) is 8.42 Å². The molecule has 5 nitrogen and oxygen atoms in total. The first kappa shape index (κ1) is 20.1. The molecule has 0 aromatic heterocycles. The largest absolute Gasteiger partial charge is 0.354 e. The summed E-state index contributed by atoms with van der Waals surface area (Å²) in [6.07, 6.45) is 1.48. The maximum atomic E-state index is 12.2. The Morgan fingerprint density at radius 2 is 1.69 bits per heavy atom. The molecule has 0 heterocycles. The van der Waals surface area contributed by atoms with Crippen molar-refractivity contribution in [2.75, 3.05) is 19.3 Å². The monoisotopic (exact) mass is 374 g/mol. The third-order valence-electron chi connectivity index (χ3n) is 4.28. The number of rotatable bonds is 8. The number of amides is 1. The zero-order valence-electron chi connectivity index (χ0n) is 15.5. The maximum absolute atomic E-state index is 12.2. The zero-order valence-corrected chi connectivity index (χ0v) is 16.3. The predicted octanol–water partition coefficient (Wildman–Crippen LogP) is 2.68. The van der Waals surface area contributed by atoms with E-state index in [-0.39, 0.29) is 31.5 Å². The van der Waals surface area contributed by atoms with Crippen LogP contribution in [0.15, 0.2) is 54.6 Å². The Morgan fingerprint density at radius 1 is 1.08 bits per heavy atom. The average Bonchev–Trinajstić information content (AvgIpc) is 2.60. The first-order chi connectivity index (χ1) is 12.3. The molecule has 2 aromatic rings. The van der Waals surface area contributed by atoms with E-state index in [4.69, 9.17) is 0 Å². The fourth-order valence-electron chi connectivity index (χ4n) is 2.80. The SMILES string of the molecule is Cc1ccc(CC(=O)NCCN(C(C)c2ccccc2)S(C)(=O)=O)cc1. The van der Waals surface area contributed by atoms with Gasteiger partial charge in [-0.2, -0.15) is 4.31 Å². The molecule has 1 amide bonds. The van der Waals surface area contributed by atoms with Crippen molar-refractivity contribution in [1.29, 1.82) is 0 Å². The van der Waals surface area contributed by atoms with Crippen LogP contribution in [-0.2, 0) is 21.2 Å². The van der Waals surface area contributed by atoms with Crippen molar-refractivity contribution in [1.82, 2.24) is 9.62 Å². The second kappa shape index (κ2) is 8.96. The third kappa shape index (κ3) is 5.97. The van der Waals surface area contributed by atoms with Crippen molar-refractivity contribution in [3.63, 3.8) is 0 Å². The topological polar surface area (TPSA) is 66.5 Å². The van der Waals surface area contributed by atoms with Crippen molar-refractivity contribution < 1.29 is 13.2 Å². The molecule has 0 saturated carbocycles. The molecule has 0 fully saturated rings. The Kier molecular flexibility index (Phi) is 6.94. The van der Waals surface area contributed by atoms with Gasteiger partial charge < -0.3 is 5.32 Å². The van der Waals surface area contributed by atoms with E-state index in [1.54, 1.807) is 0 Å². The standard InChI is InChI=1S/C20H26N2O3S/c1-16-9-11-18(12-10-16)15-20(23)21-13-14-22(26(3,24)25)17(2)19-7-5-4-6-8-19/h4-12,17H,13-15H2,1-3H3,(H,21,23). The summed E-state index contributed by atoms with van der Waals surface area (Å²) in [7, 11) is -3.39. The van der Waals surface area contributed by atoms with E-state index < -0.39 is 10.0 Å². The maximum Gasteiger partial charge on any atom is 0.224 e. The fraction of sp³-hybridized carbons (Fsp3) is 0.350. The lowest BCUT2D eigenvalue weighted by molar-refractivity contribution is -0.120. The van der Waals surface area contributed by atoms with Gasteiger partial charge >= 0.3 is 0 Å². The van der Waals surface area contributed by atoms with Crippen LogP contribution in [0.4, 0.5) is 0 Å². The molecule has 1 atom stereocenters. The molecular formula is C20H26N2O3S. The predicted molar refractivity (Wildman–Crippen MR) is 104 cm³/mol. The molecule has 0 spiro atoms. The highest BCUT2D eigenvalue weighted by atomic mass is 32.2. The molecule has 0 radical (unpaired) electrons.